The fourth-order valence-electron chi connectivity index (χ4n) is 4.44. The first-order chi connectivity index (χ1) is 11.8. The van der Waals surface area contributed by atoms with E-state index in [1.54, 1.807) is 0 Å². The van der Waals surface area contributed by atoms with Gasteiger partial charge >= 0.3 is 0 Å². The maximum absolute atomic E-state index is 12.1. The van der Waals surface area contributed by atoms with Crippen LogP contribution in [0.1, 0.15) is 38.2 Å². The van der Waals surface area contributed by atoms with Crippen molar-refractivity contribution in [1.82, 2.24) is 14.4 Å². The molecule has 1 unspecified atom stereocenters. The normalized spacial score (nSPS) is 22.6. The van der Waals surface area contributed by atoms with Gasteiger partial charge in [0.15, 0.2) is 0 Å². The summed E-state index contributed by atoms with van der Waals surface area (Å²) in [5.74, 6) is 0.365. The van der Waals surface area contributed by atoms with Gasteiger partial charge in [0.05, 0.1) is 0 Å². The van der Waals surface area contributed by atoms with Gasteiger partial charge in [0.1, 0.15) is 0 Å². The molecule has 4 rings (SSSR count). The number of likely N-dealkylation sites (tertiary alicyclic amines) is 2. The number of para-hydroxylation sites is 1. The monoisotopic (exact) mass is 325 g/mol. The van der Waals surface area contributed by atoms with Crippen molar-refractivity contribution in [3.8, 4) is 0 Å². The number of nitrogens with zero attached hydrogens (tertiary/aromatic N) is 3. The van der Waals surface area contributed by atoms with Crippen molar-refractivity contribution in [2.24, 2.45) is 0 Å². The Morgan fingerprint density at radius 2 is 2.04 bits per heavy atom. The van der Waals surface area contributed by atoms with Gasteiger partial charge < -0.3 is 9.47 Å². The van der Waals surface area contributed by atoms with Crippen molar-refractivity contribution in [2.75, 3.05) is 19.6 Å². The Kier molecular flexibility index (Phi) is 4.31. The molecule has 0 bridgehead atoms. The van der Waals surface area contributed by atoms with E-state index in [1.807, 2.05) is 0 Å². The Balaban J connectivity index is 1.52. The molecule has 2 saturated heterocycles. The molecule has 1 amide bonds. The van der Waals surface area contributed by atoms with Crippen LogP contribution in [0.15, 0.2) is 30.5 Å². The van der Waals surface area contributed by atoms with Gasteiger partial charge in [0.2, 0.25) is 5.91 Å². The second kappa shape index (κ2) is 6.60. The molecule has 2 fully saturated rings. The topological polar surface area (TPSA) is 28.5 Å². The number of amides is 1. The maximum Gasteiger partial charge on any atom is 0.222 e. The number of benzene rings is 1. The largest absolute Gasteiger partial charge is 0.347 e. The zero-order valence-corrected chi connectivity index (χ0v) is 14.6. The Hall–Kier alpha value is -1.81. The van der Waals surface area contributed by atoms with E-state index in [4.69, 9.17) is 0 Å². The Morgan fingerprint density at radius 1 is 1.17 bits per heavy atom. The number of aryl methyl sites for hydroxylation is 1. The molecule has 1 aromatic heterocycles. The summed E-state index contributed by atoms with van der Waals surface area (Å²) >= 11 is 0. The fourth-order valence-corrected chi connectivity index (χ4v) is 4.44. The molecule has 2 aromatic rings. The second-order valence-corrected chi connectivity index (χ2v) is 7.18. The van der Waals surface area contributed by atoms with Crippen LogP contribution in [0.2, 0.25) is 0 Å². The van der Waals surface area contributed by atoms with Crippen LogP contribution in [0.4, 0.5) is 0 Å². The summed E-state index contributed by atoms with van der Waals surface area (Å²) in [6.07, 6.45) is 6.47. The van der Waals surface area contributed by atoms with Crippen molar-refractivity contribution in [3.63, 3.8) is 0 Å². The summed E-state index contributed by atoms with van der Waals surface area (Å²) in [4.78, 5) is 16.7. The molecule has 128 valence electrons. The number of aromatic nitrogens is 1. The van der Waals surface area contributed by atoms with Gasteiger partial charge in [-0.2, -0.15) is 0 Å². The van der Waals surface area contributed by atoms with Gasteiger partial charge in [-0.15, -0.1) is 0 Å². The molecule has 1 atom stereocenters. The lowest BCUT2D eigenvalue weighted by molar-refractivity contribution is -0.130. The van der Waals surface area contributed by atoms with Crippen LogP contribution in [0, 0.1) is 0 Å². The van der Waals surface area contributed by atoms with Crippen LogP contribution in [0.5, 0.6) is 0 Å². The number of fused-ring (bicyclic) bond motifs is 1. The van der Waals surface area contributed by atoms with Crippen LogP contribution in [-0.2, 0) is 17.9 Å². The quantitative estimate of drug-likeness (QED) is 0.863. The first-order valence-electron chi connectivity index (χ1n) is 9.35. The van der Waals surface area contributed by atoms with Crippen molar-refractivity contribution in [3.05, 3.63) is 36.0 Å². The molecule has 3 heterocycles. The van der Waals surface area contributed by atoms with E-state index in [0.717, 1.165) is 45.6 Å². The lowest BCUT2D eigenvalue weighted by atomic mass is 10.0. The third-order valence-electron chi connectivity index (χ3n) is 5.64. The average Bonchev–Trinajstić information content (AvgIpc) is 3.19. The summed E-state index contributed by atoms with van der Waals surface area (Å²) < 4.78 is 2.34. The first-order valence-corrected chi connectivity index (χ1v) is 9.35. The summed E-state index contributed by atoms with van der Waals surface area (Å²) in [5, 5.41) is 1.37. The predicted molar refractivity (Wildman–Crippen MR) is 96.9 cm³/mol. The van der Waals surface area contributed by atoms with Crippen LogP contribution < -0.4 is 0 Å². The molecule has 2 aliphatic rings. The fraction of sp³-hybridized carbons (Fsp3) is 0.550. The van der Waals surface area contributed by atoms with E-state index in [9.17, 15) is 4.79 Å². The molecule has 2 aliphatic heterocycles. The molecular weight excluding hydrogens is 298 g/mol. The highest BCUT2D eigenvalue weighted by atomic mass is 16.2. The first kappa shape index (κ1) is 15.7. The smallest absolute Gasteiger partial charge is 0.222 e. The number of carbonyl (C=O) groups excluding carboxylic acids is 1. The maximum atomic E-state index is 12.1. The SMILES string of the molecule is CCn1cc(CN2CCCC(N3CCCC3=O)C2)c2ccccc21. The van der Waals surface area contributed by atoms with Crippen LogP contribution in [0.3, 0.4) is 0 Å². The standard InChI is InChI=1S/C20H27N3O/c1-2-22-14-16(18-8-3-4-9-19(18)22)13-21-11-5-7-17(15-21)23-12-6-10-20(23)24/h3-4,8-9,14,17H,2,5-7,10-13,15H2,1H3. The number of carbonyl (C=O) groups is 1. The van der Waals surface area contributed by atoms with E-state index in [-0.39, 0.29) is 0 Å². The van der Waals surface area contributed by atoms with Crippen molar-refractivity contribution < 1.29 is 4.79 Å². The second-order valence-electron chi connectivity index (χ2n) is 7.18. The molecule has 0 saturated carbocycles. The Labute approximate surface area is 144 Å². The summed E-state index contributed by atoms with van der Waals surface area (Å²) in [5.41, 5.74) is 2.75. The van der Waals surface area contributed by atoms with Crippen LogP contribution in [0.25, 0.3) is 10.9 Å². The van der Waals surface area contributed by atoms with Crippen molar-refractivity contribution >= 4 is 16.8 Å². The molecule has 0 spiro atoms. The molecule has 0 radical (unpaired) electrons. The lowest BCUT2D eigenvalue weighted by Gasteiger charge is -2.37. The predicted octanol–water partition coefficient (Wildman–Crippen LogP) is 3.25. The van der Waals surface area contributed by atoms with Gasteiger partial charge in [-0.05, 0) is 44.4 Å². The molecule has 4 nitrogen and oxygen atoms in total. The van der Waals surface area contributed by atoms with Crippen LogP contribution in [-0.4, -0.2) is 46.0 Å². The lowest BCUT2D eigenvalue weighted by Crippen LogP contribution is -2.48. The van der Waals surface area contributed by atoms with E-state index in [2.05, 4.69) is 51.8 Å². The van der Waals surface area contributed by atoms with Crippen molar-refractivity contribution in [1.29, 1.82) is 0 Å². The van der Waals surface area contributed by atoms with E-state index in [0.29, 0.717) is 11.9 Å². The average molecular weight is 325 g/mol. The minimum absolute atomic E-state index is 0.365. The third-order valence-corrected chi connectivity index (χ3v) is 5.64. The van der Waals surface area contributed by atoms with E-state index >= 15 is 0 Å². The van der Waals surface area contributed by atoms with Crippen LogP contribution >= 0.6 is 0 Å². The van der Waals surface area contributed by atoms with Gasteiger partial charge in [-0.25, -0.2) is 0 Å². The molecule has 0 aliphatic carbocycles. The minimum Gasteiger partial charge on any atom is -0.347 e. The van der Waals surface area contributed by atoms with Gasteiger partial charge in [-0.1, -0.05) is 18.2 Å². The highest BCUT2D eigenvalue weighted by Crippen LogP contribution is 2.26. The summed E-state index contributed by atoms with van der Waals surface area (Å²) in [6.45, 7) is 7.33. The molecule has 4 heteroatoms. The van der Waals surface area contributed by atoms with E-state index in [1.165, 1.54) is 29.3 Å². The summed E-state index contributed by atoms with van der Waals surface area (Å²) in [7, 11) is 0. The van der Waals surface area contributed by atoms with Crippen molar-refractivity contribution in [2.45, 2.75) is 51.7 Å². The minimum atomic E-state index is 0.365. The zero-order valence-electron chi connectivity index (χ0n) is 14.6. The molecule has 0 N–H and O–H groups in total. The van der Waals surface area contributed by atoms with Gasteiger partial charge in [0.25, 0.3) is 0 Å². The number of rotatable bonds is 4. The highest BCUT2D eigenvalue weighted by Gasteiger charge is 2.31. The molecule has 1 aromatic carbocycles. The third kappa shape index (κ3) is 2.84. The number of hydrogen-bond acceptors (Lipinski definition) is 2. The molecule has 24 heavy (non-hydrogen) atoms. The highest BCUT2D eigenvalue weighted by molar-refractivity contribution is 5.84. The Morgan fingerprint density at radius 3 is 2.83 bits per heavy atom. The van der Waals surface area contributed by atoms with Gasteiger partial charge in [0, 0.05) is 55.7 Å². The summed E-state index contributed by atoms with van der Waals surface area (Å²) in [6, 6.07) is 9.13. The Bertz CT molecular complexity index is 736. The number of piperidine rings is 1. The number of hydrogen-bond donors (Lipinski definition) is 0. The van der Waals surface area contributed by atoms with E-state index < -0.39 is 0 Å². The zero-order chi connectivity index (χ0) is 16.5. The molecular formula is C20H27N3O. The van der Waals surface area contributed by atoms with Gasteiger partial charge in [-0.3, -0.25) is 9.69 Å².